The summed E-state index contributed by atoms with van der Waals surface area (Å²) in [7, 11) is 5.02. The summed E-state index contributed by atoms with van der Waals surface area (Å²) in [5, 5.41) is 18.0. The molecule has 9 heteroatoms. The van der Waals surface area contributed by atoms with Gasteiger partial charge >= 0.3 is 0 Å². The highest BCUT2D eigenvalue weighted by atomic mass is 16.6. The maximum atomic E-state index is 11.8. The summed E-state index contributed by atoms with van der Waals surface area (Å²) in [5.74, 6) is 0.328. The second-order valence-corrected chi connectivity index (χ2v) is 5.78. The molecule has 0 saturated heterocycles. The minimum atomic E-state index is -0.455. The fraction of sp³-hybridized carbons (Fsp3) is 0.222. The van der Waals surface area contributed by atoms with E-state index in [4.69, 9.17) is 4.74 Å². The van der Waals surface area contributed by atoms with Crippen LogP contribution in [-0.4, -0.2) is 44.8 Å². The van der Waals surface area contributed by atoms with Gasteiger partial charge in [-0.15, -0.1) is 0 Å². The number of hydrogen-bond donors (Lipinski definition) is 2. The molecule has 2 N–H and O–H groups in total. The number of benzene rings is 2. The van der Waals surface area contributed by atoms with Gasteiger partial charge in [-0.2, -0.15) is 5.10 Å². The molecule has 0 radical (unpaired) electrons. The van der Waals surface area contributed by atoms with Gasteiger partial charge in [0.2, 0.25) is 0 Å². The van der Waals surface area contributed by atoms with Gasteiger partial charge in [0.15, 0.2) is 0 Å². The molecule has 27 heavy (non-hydrogen) atoms. The molecule has 0 heterocycles. The molecule has 2 aromatic rings. The van der Waals surface area contributed by atoms with Crippen molar-refractivity contribution in [1.82, 2.24) is 5.43 Å². The Labute approximate surface area is 156 Å². The van der Waals surface area contributed by atoms with E-state index in [0.717, 1.165) is 5.69 Å². The van der Waals surface area contributed by atoms with Crippen molar-refractivity contribution in [3.8, 4) is 5.75 Å². The van der Waals surface area contributed by atoms with E-state index < -0.39 is 4.92 Å². The number of carbonyl (C=O) groups excluding carboxylic acids is 1. The van der Waals surface area contributed by atoms with E-state index in [2.05, 4.69) is 15.8 Å². The van der Waals surface area contributed by atoms with E-state index in [1.807, 2.05) is 12.1 Å². The Morgan fingerprint density at radius 1 is 1.30 bits per heavy atom. The highest BCUT2D eigenvalue weighted by Gasteiger charge is 2.15. The standard InChI is InChI=1S/C18H21N5O4/c1-22(2)16-8-7-13(9-17(16)23(25)26)11-20-21-18(24)12-19-14-5-4-6-15(10-14)27-3/h4-11,19H,12H2,1-3H3,(H,21,24)/b20-11-. The maximum Gasteiger partial charge on any atom is 0.293 e. The number of anilines is 2. The number of nitrogens with one attached hydrogen (secondary N) is 2. The lowest BCUT2D eigenvalue weighted by molar-refractivity contribution is -0.384. The Morgan fingerprint density at radius 3 is 2.74 bits per heavy atom. The van der Waals surface area contributed by atoms with Gasteiger partial charge in [0.25, 0.3) is 11.6 Å². The number of nitro benzene ring substituents is 1. The highest BCUT2D eigenvalue weighted by Crippen LogP contribution is 2.27. The summed E-state index contributed by atoms with van der Waals surface area (Å²) in [6.07, 6.45) is 1.36. The molecule has 0 aliphatic heterocycles. The molecule has 0 spiro atoms. The van der Waals surface area contributed by atoms with Gasteiger partial charge in [0.05, 0.1) is 24.8 Å². The predicted octanol–water partition coefficient (Wildman–Crippen LogP) is 2.23. The van der Waals surface area contributed by atoms with Crippen LogP contribution in [0.2, 0.25) is 0 Å². The number of amides is 1. The average molecular weight is 371 g/mol. The molecule has 0 saturated carbocycles. The summed E-state index contributed by atoms with van der Waals surface area (Å²) < 4.78 is 5.11. The van der Waals surface area contributed by atoms with Crippen LogP contribution in [0, 0.1) is 10.1 Å². The lowest BCUT2D eigenvalue weighted by Gasteiger charge is -2.12. The molecule has 9 nitrogen and oxygen atoms in total. The third-order valence-electron chi connectivity index (χ3n) is 3.60. The molecule has 2 rings (SSSR count). The smallest absolute Gasteiger partial charge is 0.293 e. The van der Waals surface area contributed by atoms with Crippen LogP contribution in [-0.2, 0) is 4.79 Å². The molecule has 142 valence electrons. The molecule has 1 amide bonds. The first kappa shape index (κ1) is 19.7. The van der Waals surface area contributed by atoms with Gasteiger partial charge < -0.3 is 15.0 Å². The molecular formula is C18H21N5O4. The fourth-order valence-electron chi connectivity index (χ4n) is 2.28. The molecule has 0 atom stereocenters. The van der Waals surface area contributed by atoms with Crippen LogP contribution >= 0.6 is 0 Å². The van der Waals surface area contributed by atoms with Crippen molar-refractivity contribution in [3.63, 3.8) is 0 Å². The zero-order chi connectivity index (χ0) is 19.8. The van der Waals surface area contributed by atoms with Crippen LogP contribution in [0.3, 0.4) is 0 Å². The molecule has 0 aliphatic rings. The average Bonchev–Trinajstić information content (AvgIpc) is 2.66. The summed E-state index contributed by atoms with van der Waals surface area (Å²) in [5.41, 5.74) is 4.08. The van der Waals surface area contributed by atoms with Crippen molar-refractivity contribution in [2.24, 2.45) is 5.10 Å². The number of nitrogens with zero attached hydrogens (tertiary/aromatic N) is 3. The summed E-state index contributed by atoms with van der Waals surface area (Å²) in [4.78, 5) is 24.2. The van der Waals surface area contributed by atoms with Gasteiger partial charge in [-0.05, 0) is 18.2 Å². The lowest BCUT2D eigenvalue weighted by atomic mass is 10.2. The SMILES string of the molecule is COc1cccc(NCC(=O)N/N=C\c2ccc(N(C)C)c([N+](=O)[O-])c2)c1. The van der Waals surface area contributed by atoms with Crippen molar-refractivity contribution in [1.29, 1.82) is 0 Å². The molecule has 0 fully saturated rings. The zero-order valence-corrected chi connectivity index (χ0v) is 15.3. The van der Waals surface area contributed by atoms with E-state index >= 15 is 0 Å². The first-order valence-corrected chi connectivity index (χ1v) is 8.06. The van der Waals surface area contributed by atoms with Crippen molar-refractivity contribution in [2.75, 3.05) is 38.0 Å². The van der Waals surface area contributed by atoms with E-state index in [1.54, 1.807) is 50.4 Å². The highest BCUT2D eigenvalue weighted by molar-refractivity contribution is 5.86. The molecule has 0 aliphatic carbocycles. The fourth-order valence-corrected chi connectivity index (χ4v) is 2.28. The van der Waals surface area contributed by atoms with Crippen LogP contribution in [0.15, 0.2) is 47.6 Å². The quantitative estimate of drug-likeness (QED) is 0.418. The lowest BCUT2D eigenvalue weighted by Crippen LogP contribution is -2.25. The van der Waals surface area contributed by atoms with Crippen LogP contribution in [0.1, 0.15) is 5.56 Å². The molecule has 0 unspecified atom stereocenters. The molecule has 0 bridgehead atoms. The van der Waals surface area contributed by atoms with E-state index in [-0.39, 0.29) is 18.1 Å². The van der Waals surface area contributed by atoms with Crippen LogP contribution in [0.25, 0.3) is 0 Å². The predicted molar refractivity (Wildman–Crippen MR) is 105 cm³/mol. The third kappa shape index (κ3) is 5.70. The molecule has 2 aromatic carbocycles. The second kappa shape index (κ2) is 9.18. The van der Waals surface area contributed by atoms with Crippen LogP contribution in [0.5, 0.6) is 5.75 Å². The zero-order valence-electron chi connectivity index (χ0n) is 15.3. The number of carbonyl (C=O) groups is 1. The van der Waals surface area contributed by atoms with E-state index in [0.29, 0.717) is 17.0 Å². The van der Waals surface area contributed by atoms with Crippen molar-refractivity contribution >= 4 is 29.2 Å². The number of hydrazone groups is 1. The number of ether oxygens (including phenoxy) is 1. The van der Waals surface area contributed by atoms with Crippen molar-refractivity contribution in [2.45, 2.75) is 0 Å². The Kier molecular flexibility index (Phi) is 6.70. The second-order valence-electron chi connectivity index (χ2n) is 5.78. The minimum Gasteiger partial charge on any atom is -0.497 e. The largest absolute Gasteiger partial charge is 0.497 e. The third-order valence-corrected chi connectivity index (χ3v) is 3.60. The number of methoxy groups -OCH3 is 1. The van der Waals surface area contributed by atoms with Gasteiger partial charge in [-0.25, -0.2) is 5.43 Å². The van der Waals surface area contributed by atoms with Gasteiger partial charge in [-0.3, -0.25) is 14.9 Å². The minimum absolute atomic E-state index is 0.0181. The Balaban J connectivity index is 1.93. The monoisotopic (exact) mass is 371 g/mol. The van der Waals surface area contributed by atoms with E-state index in [9.17, 15) is 14.9 Å². The van der Waals surface area contributed by atoms with Gasteiger partial charge in [0.1, 0.15) is 11.4 Å². The molecular weight excluding hydrogens is 350 g/mol. The number of rotatable bonds is 8. The first-order chi connectivity index (χ1) is 12.9. The summed E-state index contributed by atoms with van der Waals surface area (Å²) >= 11 is 0. The summed E-state index contributed by atoms with van der Waals surface area (Å²) in [6, 6.07) is 11.9. The summed E-state index contributed by atoms with van der Waals surface area (Å²) in [6.45, 7) is 0.0181. The van der Waals surface area contributed by atoms with Crippen LogP contribution in [0.4, 0.5) is 17.1 Å². The van der Waals surface area contributed by atoms with E-state index in [1.165, 1.54) is 12.3 Å². The topological polar surface area (TPSA) is 109 Å². The molecule has 0 aromatic heterocycles. The Morgan fingerprint density at radius 2 is 2.07 bits per heavy atom. The van der Waals surface area contributed by atoms with Crippen molar-refractivity contribution < 1.29 is 14.5 Å². The Hall–Kier alpha value is -3.62. The van der Waals surface area contributed by atoms with Crippen LogP contribution < -0.4 is 20.4 Å². The number of nitro groups is 1. The number of hydrogen-bond acceptors (Lipinski definition) is 7. The Bertz CT molecular complexity index is 851. The van der Waals surface area contributed by atoms with Gasteiger partial charge in [0, 0.05) is 37.5 Å². The first-order valence-electron chi connectivity index (χ1n) is 8.06. The van der Waals surface area contributed by atoms with Crippen molar-refractivity contribution in [3.05, 3.63) is 58.1 Å². The normalized spacial score (nSPS) is 10.5. The maximum absolute atomic E-state index is 11.8. The van der Waals surface area contributed by atoms with Gasteiger partial charge in [-0.1, -0.05) is 12.1 Å².